The molecule has 0 fully saturated rings. The summed E-state index contributed by atoms with van der Waals surface area (Å²) in [5.41, 5.74) is 4.68. The third kappa shape index (κ3) is 3.50. The number of ether oxygens (including phenoxy) is 1. The number of alkyl halides is 3. The van der Waals surface area contributed by atoms with Crippen LogP contribution in [-0.4, -0.2) is 23.8 Å². The van der Waals surface area contributed by atoms with Crippen molar-refractivity contribution in [1.29, 1.82) is 0 Å². The highest BCUT2D eigenvalue weighted by Gasteiger charge is 2.40. The van der Waals surface area contributed by atoms with Crippen LogP contribution in [0.15, 0.2) is 24.3 Å². The predicted molar refractivity (Wildman–Crippen MR) is 81.4 cm³/mol. The van der Waals surface area contributed by atoms with Crippen molar-refractivity contribution in [3.8, 4) is 0 Å². The van der Waals surface area contributed by atoms with Crippen molar-refractivity contribution >= 4 is 17.0 Å². The van der Waals surface area contributed by atoms with Gasteiger partial charge in [0.05, 0.1) is 12.1 Å². The van der Waals surface area contributed by atoms with Crippen LogP contribution in [0.25, 0.3) is 10.9 Å². The summed E-state index contributed by atoms with van der Waals surface area (Å²) in [7, 11) is 0. The van der Waals surface area contributed by atoms with E-state index in [1.54, 1.807) is 18.2 Å². The number of aromatic nitrogens is 1. The molecule has 0 amide bonds. The number of nitrogens with two attached hydrogens (primary N) is 1. The molecule has 2 rings (SSSR count). The Balaban J connectivity index is 2.63. The molecule has 1 heterocycles. The van der Waals surface area contributed by atoms with Gasteiger partial charge in [-0.25, -0.2) is 9.36 Å². The fraction of sp³-hybridized carbons (Fsp3) is 0.438. The predicted octanol–water partition coefficient (Wildman–Crippen LogP) is 3.95. The van der Waals surface area contributed by atoms with E-state index in [0.29, 0.717) is 16.4 Å². The molecule has 2 aromatic rings. The Morgan fingerprint density at radius 1 is 1.30 bits per heavy atom. The number of carbonyl (C=O) groups excluding carboxylic acids is 1. The first-order valence-electron chi connectivity index (χ1n) is 7.48. The average molecular weight is 328 g/mol. The lowest BCUT2D eigenvalue weighted by atomic mass is 10.1. The molecule has 4 nitrogen and oxygen atoms in total. The summed E-state index contributed by atoms with van der Waals surface area (Å²) in [6.45, 7) is 2.05. The molecule has 0 aliphatic carbocycles. The summed E-state index contributed by atoms with van der Waals surface area (Å²) in [5.74, 6) is 0. The molecule has 0 bridgehead atoms. The highest BCUT2D eigenvalue weighted by Crippen LogP contribution is 2.38. The molecular formula is C16H19F3N2O2. The van der Waals surface area contributed by atoms with E-state index in [9.17, 15) is 18.0 Å². The number of fused-ring (bicyclic) bond motifs is 1. The smallest absolute Gasteiger partial charge is 0.432 e. The van der Waals surface area contributed by atoms with E-state index in [0.717, 1.165) is 6.42 Å². The molecular weight excluding hydrogens is 309 g/mol. The monoisotopic (exact) mass is 328 g/mol. The summed E-state index contributed by atoms with van der Waals surface area (Å²) in [6.07, 6.45) is -4.27. The summed E-state index contributed by atoms with van der Waals surface area (Å²) >= 11 is 0. The number of benzene rings is 1. The quantitative estimate of drug-likeness (QED) is 0.846. The summed E-state index contributed by atoms with van der Waals surface area (Å²) in [5, 5.41) is 0.373. The summed E-state index contributed by atoms with van der Waals surface area (Å²) in [4.78, 5) is 12.2. The number of halogens is 3. The van der Waals surface area contributed by atoms with E-state index >= 15 is 0 Å². The molecule has 0 aliphatic rings. The normalized spacial score (nSPS) is 11.9. The Bertz CT molecular complexity index is 692. The van der Waals surface area contributed by atoms with Crippen molar-refractivity contribution in [2.75, 3.05) is 13.2 Å². The van der Waals surface area contributed by atoms with Crippen LogP contribution in [0.4, 0.5) is 18.0 Å². The van der Waals surface area contributed by atoms with Gasteiger partial charge in [0.25, 0.3) is 0 Å². The minimum absolute atomic E-state index is 0.0306. The molecule has 2 N–H and O–H groups in total. The van der Waals surface area contributed by atoms with Crippen molar-refractivity contribution in [2.45, 2.75) is 32.4 Å². The zero-order chi connectivity index (χ0) is 17.0. The van der Waals surface area contributed by atoms with E-state index < -0.39 is 18.0 Å². The fourth-order valence-electron chi connectivity index (χ4n) is 2.56. The lowest BCUT2D eigenvalue weighted by Crippen LogP contribution is -2.23. The standard InChI is InChI=1S/C16H19F3N2O2/c1-2-3-10-23-15(22)21-13-7-5-4-6-11(13)12(8-9-20)14(21)16(17,18)19/h4-7H,2-3,8-10,20H2,1H3. The zero-order valence-electron chi connectivity index (χ0n) is 12.8. The maximum atomic E-state index is 13.5. The van der Waals surface area contributed by atoms with E-state index in [1.807, 2.05) is 6.92 Å². The molecule has 126 valence electrons. The maximum Gasteiger partial charge on any atom is 0.432 e. The number of unbranched alkanes of at least 4 members (excludes halogenated alkanes) is 1. The molecule has 0 atom stereocenters. The highest BCUT2D eigenvalue weighted by atomic mass is 19.4. The lowest BCUT2D eigenvalue weighted by molar-refractivity contribution is -0.143. The molecule has 0 saturated carbocycles. The van der Waals surface area contributed by atoms with Crippen LogP contribution in [0, 0.1) is 0 Å². The van der Waals surface area contributed by atoms with E-state index in [-0.39, 0.29) is 30.7 Å². The summed E-state index contributed by atoms with van der Waals surface area (Å²) in [6, 6.07) is 6.26. The largest absolute Gasteiger partial charge is 0.449 e. The van der Waals surface area contributed by atoms with Gasteiger partial charge >= 0.3 is 12.3 Å². The zero-order valence-corrected chi connectivity index (χ0v) is 12.8. The highest BCUT2D eigenvalue weighted by molar-refractivity contribution is 5.94. The SMILES string of the molecule is CCCCOC(=O)n1c(C(F)(F)F)c(CCN)c2ccccc21. The number of para-hydroxylation sites is 1. The minimum Gasteiger partial charge on any atom is -0.449 e. The van der Waals surface area contributed by atoms with E-state index in [4.69, 9.17) is 10.5 Å². The number of nitrogens with zero attached hydrogens (tertiary/aromatic N) is 1. The summed E-state index contributed by atoms with van der Waals surface area (Å²) < 4.78 is 46.3. The number of carbonyl (C=O) groups is 1. The third-order valence-electron chi connectivity index (χ3n) is 3.55. The van der Waals surface area contributed by atoms with Gasteiger partial charge in [0.15, 0.2) is 0 Å². The van der Waals surface area contributed by atoms with Gasteiger partial charge in [-0.15, -0.1) is 0 Å². The van der Waals surface area contributed by atoms with Crippen molar-refractivity contribution < 1.29 is 22.7 Å². The van der Waals surface area contributed by atoms with Crippen LogP contribution in [0.5, 0.6) is 0 Å². The van der Waals surface area contributed by atoms with Crippen LogP contribution in [0.1, 0.15) is 31.0 Å². The van der Waals surface area contributed by atoms with Crippen LogP contribution in [0.2, 0.25) is 0 Å². The second-order valence-electron chi connectivity index (χ2n) is 5.18. The minimum atomic E-state index is -4.67. The molecule has 7 heteroatoms. The fourth-order valence-corrected chi connectivity index (χ4v) is 2.56. The Hall–Kier alpha value is -2.02. The second kappa shape index (κ2) is 7.04. The Morgan fingerprint density at radius 3 is 2.61 bits per heavy atom. The van der Waals surface area contributed by atoms with Crippen LogP contribution < -0.4 is 5.73 Å². The lowest BCUT2D eigenvalue weighted by Gasteiger charge is -2.13. The number of rotatable bonds is 5. The van der Waals surface area contributed by atoms with Crippen LogP contribution in [0.3, 0.4) is 0 Å². The van der Waals surface area contributed by atoms with Gasteiger partial charge < -0.3 is 10.5 Å². The van der Waals surface area contributed by atoms with Crippen LogP contribution >= 0.6 is 0 Å². The Kier molecular flexibility index (Phi) is 5.30. The molecule has 0 spiro atoms. The van der Waals surface area contributed by atoms with Gasteiger partial charge in [-0.05, 0) is 31.0 Å². The number of hydrogen-bond donors (Lipinski definition) is 1. The molecule has 0 unspecified atom stereocenters. The van der Waals surface area contributed by atoms with E-state index in [2.05, 4.69) is 0 Å². The first kappa shape index (κ1) is 17.3. The average Bonchev–Trinajstić information content (AvgIpc) is 2.83. The first-order valence-corrected chi connectivity index (χ1v) is 7.48. The van der Waals surface area contributed by atoms with E-state index in [1.165, 1.54) is 6.07 Å². The molecule has 0 saturated heterocycles. The van der Waals surface area contributed by atoms with Gasteiger partial charge in [0.1, 0.15) is 5.69 Å². The molecule has 23 heavy (non-hydrogen) atoms. The van der Waals surface area contributed by atoms with Gasteiger partial charge in [0.2, 0.25) is 0 Å². The molecule has 0 radical (unpaired) electrons. The molecule has 1 aromatic heterocycles. The van der Waals surface area contributed by atoms with Crippen molar-refractivity contribution in [1.82, 2.24) is 4.57 Å². The molecule has 1 aromatic carbocycles. The Labute approximate surface area is 132 Å². The first-order chi connectivity index (χ1) is 10.9. The molecule has 0 aliphatic heterocycles. The van der Waals surface area contributed by atoms with Crippen molar-refractivity contribution in [2.24, 2.45) is 5.73 Å². The van der Waals surface area contributed by atoms with Crippen molar-refractivity contribution in [3.05, 3.63) is 35.5 Å². The van der Waals surface area contributed by atoms with Gasteiger partial charge in [-0.3, -0.25) is 0 Å². The van der Waals surface area contributed by atoms with Crippen molar-refractivity contribution in [3.63, 3.8) is 0 Å². The maximum absolute atomic E-state index is 13.5. The second-order valence-corrected chi connectivity index (χ2v) is 5.18. The van der Waals surface area contributed by atoms with Crippen LogP contribution in [-0.2, 0) is 17.3 Å². The van der Waals surface area contributed by atoms with Gasteiger partial charge in [0, 0.05) is 5.39 Å². The Morgan fingerprint density at radius 2 is 2.00 bits per heavy atom. The third-order valence-corrected chi connectivity index (χ3v) is 3.55. The topological polar surface area (TPSA) is 57.2 Å². The van der Waals surface area contributed by atoms with Gasteiger partial charge in [-0.1, -0.05) is 31.5 Å². The van der Waals surface area contributed by atoms with Gasteiger partial charge in [-0.2, -0.15) is 13.2 Å². The number of hydrogen-bond acceptors (Lipinski definition) is 3.